The summed E-state index contributed by atoms with van der Waals surface area (Å²) in [6.45, 7) is 1.87. The lowest BCUT2D eigenvalue weighted by atomic mass is 10.2. The van der Waals surface area contributed by atoms with Gasteiger partial charge in [-0.05, 0) is 31.2 Å². The Morgan fingerprint density at radius 2 is 1.79 bits per heavy atom. The van der Waals surface area contributed by atoms with Crippen molar-refractivity contribution in [3.05, 3.63) is 86.1 Å². The number of aryl methyl sites for hydroxylation is 1. The van der Waals surface area contributed by atoms with Crippen molar-refractivity contribution in [1.82, 2.24) is 15.0 Å². The number of rotatable bonds is 4. The summed E-state index contributed by atoms with van der Waals surface area (Å²) in [4.78, 5) is 38.2. The number of phenolic OH excluding ortho intramolecular Hbond substituents is 1. The van der Waals surface area contributed by atoms with Crippen LogP contribution in [0.4, 0.5) is 0 Å². The second kappa shape index (κ2) is 7.62. The second-order valence-electron chi connectivity index (χ2n) is 5.88. The van der Waals surface area contributed by atoms with Crippen LogP contribution in [0.15, 0.2) is 63.2 Å². The first-order valence-electron chi connectivity index (χ1n) is 8.15. The van der Waals surface area contributed by atoms with Crippen LogP contribution in [-0.4, -0.2) is 31.9 Å². The molecule has 4 N–H and O–H groups in total. The number of hydrogen-bond donors (Lipinski definition) is 4. The normalized spacial score (nSPS) is 10.9. The highest BCUT2D eigenvalue weighted by molar-refractivity contribution is 5.97. The summed E-state index contributed by atoms with van der Waals surface area (Å²) in [5, 5.41) is 23.7. The predicted molar refractivity (Wildman–Crippen MR) is 102 cm³/mol. The van der Waals surface area contributed by atoms with Crippen LogP contribution in [0.1, 0.15) is 21.5 Å². The number of phenols is 1. The topological polar surface area (TPSA) is 137 Å². The maximum Gasteiger partial charge on any atom is 0.335 e. The highest BCUT2D eigenvalue weighted by Gasteiger charge is 2.14. The molecule has 1 heterocycles. The van der Waals surface area contributed by atoms with Crippen molar-refractivity contribution in [2.45, 2.75) is 6.92 Å². The average Bonchev–Trinajstić information content (AvgIpc) is 2.66. The molecule has 2 aromatic carbocycles. The van der Waals surface area contributed by atoms with Crippen LogP contribution in [0.5, 0.6) is 11.6 Å². The third kappa shape index (κ3) is 3.68. The summed E-state index contributed by atoms with van der Waals surface area (Å²) in [5.74, 6) is -1.57. The first-order chi connectivity index (χ1) is 13.4. The van der Waals surface area contributed by atoms with Crippen LogP contribution in [0.2, 0.25) is 0 Å². The highest BCUT2D eigenvalue weighted by Crippen LogP contribution is 2.16. The zero-order valence-corrected chi connectivity index (χ0v) is 14.7. The van der Waals surface area contributed by atoms with Gasteiger partial charge in [0, 0.05) is 0 Å². The Bertz CT molecular complexity index is 1180. The lowest BCUT2D eigenvalue weighted by Crippen LogP contribution is -2.31. The molecule has 9 nitrogen and oxygen atoms in total. The second-order valence-corrected chi connectivity index (χ2v) is 5.88. The van der Waals surface area contributed by atoms with Crippen LogP contribution in [0.25, 0.3) is 5.69 Å². The summed E-state index contributed by atoms with van der Waals surface area (Å²) in [6, 6.07) is 12.5. The molecule has 3 rings (SSSR count). The van der Waals surface area contributed by atoms with E-state index in [1.54, 1.807) is 36.4 Å². The minimum Gasteiger partial charge on any atom is -0.507 e. The van der Waals surface area contributed by atoms with E-state index in [9.17, 15) is 24.6 Å². The molecular weight excluding hydrogens is 364 g/mol. The molecule has 0 aliphatic rings. The molecule has 0 radical (unpaired) electrons. The lowest BCUT2D eigenvalue weighted by molar-refractivity contribution is 0.0952. The fourth-order valence-corrected chi connectivity index (χ4v) is 2.47. The molecule has 1 amide bonds. The third-order valence-electron chi connectivity index (χ3n) is 3.92. The van der Waals surface area contributed by atoms with Gasteiger partial charge in [-0.15, -0.1) is 0 Å². The number of H-pyrrole nitrogens is 1. The van der Waals surface area contributed by atoms with Gasteiger partial charge in [0.25, 0.3) is 11.5 Å². The van der Waals surface area contributed by atoms with Gasteiger partial charge in [-0.2, -0.15) is 5.10 Å². The van der Waals surface area contributed by atoms with Crippen LogP contribution in [0.3, 0.4) is 0 Å². The van der Waals surface area contributed by atoms with Crippen LogP contribution < -0.4 is 16.7 Å². The summed E-state index contributed by atoms with van der Waals surface area (Å²) < 4.78 is 0.910. The smallest absolute Gasteiger partial charge is 0.335 e. The maximum atomic E-state index is 12.1. The number of nitrogens with one attached hydrogen (secondary N) is 2. The van der Waals surface area contributed by atoms with E-state index in [1.165, 1.54) is 12.1 Å². The molecule has 0 atom stereocenters. The van der Waals surface area contributed by atoms with Crippen molar-refractivity contribution in [2.24, 2.45) is 5.10 Å². The molecule has 142 valence electrons. The quantitative estimate of drug-likeness (QED) is 0.395. The monoisotopic (exact) mass is 380 g/mol. The van der Waals surface area contributed by atoms with Gasteiger partial charge in [-0.1, -0.05) is 29.8 Å². The fraction of sp³-hybridized carbons (Fsp3) is 0.0526. The number of nitrogens with zero attached hydrogens (tertiary/aromatic N) is 2. The number of para-hydroxylation sites is 1. The number of benzene rings is 2. The van der Waals surface area contributed by atoms with Crippen molar-refractivity contribution in [3.8, 4) is 17.3 Å². The Morgan fingerprint density at radius 3 is 2.46 bits per heavy atom. The van der Waals surface area contributed by atoms with Crippen LogP contribution >= 0.6 is 0 Å². The number of amides is 1. The van der Waals surface area contributed by atoms with Gasteiger partial charge in [-0.25, -0.2) is 14.8 Å². The van der Waals surface area contributed by atoms with Crippen molar-refractivity contribution in [3.63, 3.8) is 0 Å². The highest BCUT2D eigenvalue weighted by atomic mass is 16.3. The zero-order chi connectivity index (χ0) is 20.3. The van der Waals surface area contributed by atoms with E-state index in [0.717, 1.165) is 16.3 Å². The van der Waals surface area contributed by atoms with Gasteiger partial charge in [0.1, 0.15) is 11.3 Å². The molecule has 28 heavy (non-hydrogen) atoms. The summed E-state index contributed by atoms with van der Waals surface area (Å²) >= 11 is 0. The molecule has 0 bridgehead atoms. The van der Waals surface area contributed by atoms with Gasteiger partial charge >= 0.3 is 5.69 Å². The van der Waals surface area contributed by atoms with E-state index in [2.05, 4.69) is 15.5 Å². The number of aromatic hydroxyl groups is 2. The first kappa shape index (κ1) is 18.6. The minimum absolute atomic E-state index is 0.0117. The number of hydrazone groups is 1. The van der Waals surface area contributed by atoms with E-state index >= 15 is 0 Å². The molecule has 0 saturated heterocycles. The number of carbonyl (C=O) groups is 1. The van der Waals surface area contributed by atoms with Gasteiger partial charge in [0.15, 0.2) is 0 Å². The van der Waals surface area contributed by atoms with Crippen molar-refractivity contribution in [2.75, 3.05) is 0 Å². The van der Waals surface area contributed by atoms with Gasteiger partial charge in [0.05, 0.1) is 17.5 Å². The molecular formula is C19H16N4O5. The van der Waals surface area contributed by atoms with Crippen LogP contribution in [0, 0.1) is 6.92 Å². The van der Waals surface area contributed by atoms with Crippen molar-refractivity contribution >= 4 is 12.1 Å². The zero-order valence-electron chi connectivity index (χ0n) is 14.7. The Kier molecular flexibility index (Phi) is 5.07. The van der Waals surface area contributed by atoms with Gasteiger partial charge in [-0.3, -0.25) is 14.6 Å². The summed E-state index contributed by atoms with van der Waals surface area (Å²) in [6.07, 6.45) is 0.913. The minimum atomic E-state index is -0.869. The molecule has 9 heteroatoms. The Labute approximate surface area is 158 Å². The molecule has 0 aliphatic carbocycles. The molecule has 0 fully saturated rings. The number of aromatic nitrogens is 2. The fourth-order valence-electron chi connectivity index (χ4n) is 2.47. The molecule has 0 spiro atoms. The van der Waals surface area contributed by atoms with E-state index in [4.69, 9.17) is 0 Å². The van der Waals surface area contributed by atoms with Crippen LogP contribution in [-0.2, 0) is 0 Å². The SMILES string of the molecule is Cc1ccc(-n2c(O)c(/C=N/NC(=O)c3ccccc3O)c(=O)[nH]c2=O)cc1. The maximum absolute atomic E-state index is 12.1. The molecule has 0 aliphatic heterocycles. The molecule has 1 aromatic heterocycles. The molecule has 0 saturated carbocycles. The first-order valence-corrected chi connectivity index (χ1v) is 8.15. The molecule has 3 aromatic rings. The van der Waals surface area contributed by atoms with E-state index in [0.29, 0.717) is 5.69 Å². The van der Waals surface area contributed by atoms with Gasteiger partial charge in [0.2, 0.25) is 5.88 Å². The Balaban J connectivity index is 1.93. The van der Waals surface area contributed by atoms with Gasteiger partial charge < -0.3 is 10.2 Å². The van der Waals surface area contributed by atoms with Crippen molar-refractivity contribution in [1.29, 1.82) is 0 Å². The number of carbonyl (C=O) groups excluding carboxylic acids is 1. The number of aromatic amines is 1. The molecule has 0 unspecified atom stereocenters. The van der Waals surface area contributed by atoms with E-state index in [-0.39, 0.29) is 16.9 Å². The largest absolute Gasteiger partial charge is 0.507 e. The van der Waals surface area contributed by atoms with Crippen molar-refractivity contribution < 1.29 is 15.0 Å². The standard InChI is InChI=1S/C19H16N4O5/c1-11-6-8-12(9-7-11)23-18(27)14(16(25)21-19(23)28)10-20-22-17(26)13-4-2-3-5-15(13)24/h2-10,24,27H,1H3,(H,22,26)(H,21,25,28)/b20-10+. The third-order valence-corrected chi connectivity index (χ3v) is 3.92. The lowest BCUT2D eigenvalue weighted by Gasteiger charge is -2.09. The predicted octanol–water partition coefficient (Wildman–Crippen LogP) is 1.01. The van der Waals surface area contributed by atoms with E-state index < -0.39 is 23.0 Å². The Morgan fingerprint density at radius 1 is 1.11 bits per heavy atom. The summed E-state index contributed by atoms with van der Waals surface area (Å²) in [5.41, 5.74) is 1.42. The average molecular weight is 380 g/mol. The Hall–Kier alpha value is -4.14. The summed E-state index contributed by atoms with van der Waals surface area (Å²) in [7, 11) is 0. The number of hydrogen-bond acceptors (Lipinski definition) is 6. The van der Waals surface area contributed by atoms with E-state index in [1.807, 2.05) is 6.92 Å².